The second-order valence-electron chi connectivity index (χ2n) is 7.10. The summed E-state index contributed by atoms with van der Waals surface area (Å²) < 4.78 is 0. The van der Waals surface area contributed by atoms with Gasteiger partial charge in [0, 0.05) is 18.9 Å². The van der Waals surface area contributed by atoms with Crippen LogP contribution < -0.4 is 21.5 Å². The van der Waals surface area contributed by atoms with E-state index in [-0.39, 0.29) is 23.8 Å². The van der Waals surface area contributed by atoms with Crippen molar-refractivity contribution in [3.63, 3.8) is 0 Å². The normalized spacial score (nSPS) is 21.9. The van der Waals surface area contributed by atoms with Crippen molar-refractivity contribution >= 4 is 41.3 Å². The van der Waals surface area contributed by atoms with E-state index in [1.165, 1.54) is 0 Å². The maximum atomic E-state index is 12.3. The highest BCUT2D eigenvalue weighted by Gasteiger charge is 2.28. The number of carbonyl (C=O) groups is 3. The van der Waals surface area contributed by atoms with Crippen molar-refractivity contribution in [1.82, 2.24) is 10.6 Å². The highest BCUT2D eigenvalue weighted by Crippen LogP contribution is 2.28. The molecule has 0 spiro atoms. The van der Waals surface area contributed by atoms with E-state index in [0.29, 0.717) is 24.6 Å². The molecule has 0 aliphatic heterocycles. The molecule has 9 heteroatoms. The van der Waals surface area contributed by atoms with Crippen LogP contribution in [0.2, 0.25) is 0 Å². The number of hydrogen-bond donors (Lipinski definition) is 3. The molecule has 0 bridgehead atoms. The van der Waals surface area contributed by atoms with Gasteiger partial charge in [0.1, 0.15) is 0 Å². The molecule has 7 nitrogen and oxygen atoms in total. The molecule has 0 aromatic carbocycles. The molecule has 1 aliphatic carbocycles. The first-order valence-electron chi connectivity index (χ1n) is 9.48. The summed E-state index contributed by atoms with van der Waals surface area (Å²) in [6.07, 6.45) is 8.20. The molecule has 5 N–H and O–H groups in total. The first-order chi connectivity index (χ1) is 12.9. The summed E-state index contributed by atoms with van der Waals surface area (Å²) in [5, 5.41) is 16.8. The predicted molar refractivity (Wildman–Crippen MR) is 108 cm³/mol. The third-order valence-corrected chi connectivity index (χ3v) is 6.32. The van der Waals surface area contributed by atoms with Crippen LogP contribution in [0, 0.1) is 11.8 Å². The Hall–Kier alpha value is -0.930. The Morgan fingerprint density at radius 1 is 1.07 bits per heavy atom. The topological polar surface area (TPSA) is 126 Å². The standard InChI is InChI=1S/C18H33N3O4S2/c1-26-9-7-14(19)17(23)20-11-12-3-5-13(6-4-12)16(22)21-15(18(24)25)8-10-27-2/h12-15H,3-11,19H2,1-2H3,(H,20,23)(H,21,22)(H,24,25)/t12?,13?,14-,15-/m0/s1. The number of aliphatic carboxylic acids is 1. The zero-order valence-electron chi connectivity index (χ0n) is 16.3. The van der Waals surface area contributed by atoms with Crippen LogP contribution >= 0.6 is 23.5 Å². The minimum absolute atomic E-state index is 0.00508. The van der Waals surface area contributed by atoms with Crippen molar-refractivity contribution < 1.29 is 25.2 Å². The van der Waals surface area contributed by atoms with Gasteiger partial charge in [0.15, 0.2) is 6.04 Å². The van der Waals surface area contributed by atoms with Gasteiger partial charge < -0.3 is 26.3 Å². The number of carboxylic acid groups (broad SMARTS) is 1. The third-order valence-electron chi connectivity index (χ3n) is 5.04. The molecule has 1 rings (SSSR count). The lowest BCUT2D eigenvalue weighted by Crippen LogP contribution is -2.67. The van der Waals surface area contributed by atoms with Gasteiger partial charge in [-0.15, -0.1) is 0 Å². The van der Waals surface area contributed by atoms with Crippen LogP contribution in [-0.2, 0) is 14.4 Å². The van der Waals surface area contributed by atoms with Crippen LogP contribution in [0.1, 0.15) is 38.5 Å². The van der Waals surface area contributed by atoms with Crippen molar-refractivity contribution in [1.29, 1.82) is 0 Å². The maximum absolute atomic E-state index is 12.3. The second kappa shape index (κ2) is 13.3. The summed E-state index contributed by atoms with van der Waals surface area (Å²) in [5.41, 5.74) is 3.90. The van der Waals surface area contributed by atoms with E-state index < -0.39 is 12.0 Å². The van der Waals surface area contributed by atoms with E-state index in [2.05, 4.69) is 16.4 Å². The Labute approximate surface area is 170 Å². The number of quaternary nitrogens is 1. The molecule has 1 saturated carbocycles. The number of thioether (sulfide) groups is 2. The fourth-order valence-electron chi connectivity index (χ4n) is 3.18. The second-order valence-corrected chi connectivity index (χ2v) is 9.07. The lowest BCUT2D eigenvalue weighted by atomic mass is 9.81. The Kier molecular flexibility index (Phi) is 11.9. The van der Waals surface area contributed by atoms with Crippen LogP contribution in [0.15, 0.2) is 0 Å². The summed E-state index contributed by atoms with van der Waals surface area (Å²) in [6, 6.07) is -1.14. The van der Waals surface area contributed by atoms with Gasteiger partial charge in [0.05, 0.1) is 12.0 Å². The summed E-state index contributed by atoms with van der Waals surface area (Å²) in [5.74, 6) is 0.367. The monoisotopic (exact) mass is 419 g/mol. The average Bonchev–Trinajstić information content (AvgIpc) is 2.67. The summed E-state index contributed by atoms with van der Waals surface area (Å²) in [7, 11) is 0. The Balaban J connectivity index is 2.33. The van der Waals surface area contributed by atoms with Gasteiger partial charge in [-0.3, -0.25) is 9.59 Å². The molecular formula is C18H33N3O4S2. The minimum Gasteiger partial charge on any atom is -0.548 e. The number of amides is 2. The molecule has 0 unspecified atom stereocenters. The van der Waals surface area contributed by atoms with Crippen LogP contribution in [0.4, 0.5) is 0 Å². The maximum Gasteiger partial charge on any atom is 0.278 e. The Morgan fingerprint density at radius 3 is 2.22 bits per heavy atom. The molecule has 1 aliphatic rings. The molecule has 2 atom stereocenters. The smallest absolute Gasteiger partial charge is 0.278 e. The quantitative estimate of drug-likeness (QED) is 0.382. The molecule has 0 saturated heterocycles. The van der Waals surface area contributed by atoms with Crippen molar-refractivity contribution in [3.05, 3.63) is 0 Å². The summed E-state index contributed by atoms with van der Waals surface area (Å²) in [4.78, 5) is 35.5. The lowest BCUT2D eigenvalue weighted by molar-refractivity contribution is -0.403. The van der Waals surface area contributed by atoms with E-state index in [4.69, 9.17) is 0 Å². The molecule has 2 amide bonds. The first-order valence-corrected chi connectivity index (χ1v) is 12.3. The fourth-order valence-corrected chi connectivity index (χ4v) is 4.18. The number of carboxylic acids is 1. The van der Waals surface area contributed by atoms with Gasteiger partial charge in [-0.2, -0.15) is 23.5 Å². The minimum atomic E-state index is -1.22. The van der Waals surface area contributed by atoms with Gasteiger partial charge in [0.2, 0.25) is 5.91 Å². The molecule has 1 fully saturated rings. The molecule has 0 heterocycles. The van der Waals surface area contributed by atoms with Gasteiger partial charge in [-0.1, -0.05) is 0 Å². The van der Waals surface area contributed by atoms with Gasteiger partial charge in [0.25, 0.3) is 5.91 Å². The van der Waals surface area contributed by atoms with Gasteiger partial charge in [-0.25, -0.2) is 0 Å². The van der Waals surface area contributed by atoms with Crippen molar-refractivity contribution in [2.75, 3.05) is 30.6 Å². The van der Waals surface area contributed by atoms with Crippen LogP contribution in [0.3, 0.4) is 0 Å². The van der Waals surface area contributed by atoms with E-state index in [0.717, 1.165) is 37.9 Å². The number of carbonyl (C=O) groups excluding carboxylic acids is 3. The highest BCUT2D eigenvalue weighted by atomic mass is 32.2. The fraction of sp³-hybridized carbons (Fsp3) is 0.833. The van der Waals surface area contributed by atoms with Gasteiger partial charge in [-0.05, 0) is 62.0 Å². The summed E-state index contributed by atoms with van der Waals surface area (Å²) >= 11 is 3.25. The highest BCUT2D eigenvalue weighted by molar-refractivity contribution is 7.98. The van der Waals surface area contributed by atoms with E-state index >= 15 is 0 Å². The average molecular weight is 420 g/mol. The van der Waals surface area contributed by atoms with E-state index in [9.17, 15) is 19.5 Å². The lowest BCUT2D eigenvalue weighted by Gasteiger charge is -2.29. The Morgan fingerprint density at radius 2 is 1.67 bits per heavy atom. The largest absolute Gasteiger partial charge is 0.548 e. The SMILES string of the molecule is CSCC[C@H](NC(=O)C1CCC(CNC(=O)[C@@H]([NH3+])CCSC)CC1)C(=O)[O-]. The molecule has 0 aromatic rings. The van der Waals surface area contributed by atoms with Gasteiger partial charge >= 0.3 is 0 Å². The third kappa shape index (κ3) is 9.21. The number of rotatable bonds is 12. The van der Waals surface area contributed by atoms with Crippen LogP contribution in [0.25, 0.3) is 0 Å². The molecule has 0 radical (unpaired) electrons. The Bertz CT molecular complexity index is 485. The molecule has 0 aromatic heterocycles. The van der Waals surface area contributed by atoms with Crippen LogP contribution in [-0.4, -0.2) is 60.4 Å². The number of hydrogen-bond acceptors (Lipinski definition) is 6. The molecule has 27 heavy (non-hydrogen) atoms. The number of nitrogens with one attached hydrogen (secondary N) is 2. The first kappa shape index (κ1) is 24.1. The summed E-state index contributed by atoms with van der Waals surface area (Å²) in [6.45, 7) is 0.619. The van der Waals surface area contributed by atoms with Crippen molar-refractivity contribution in [3.8, 4) is 0 Å². The van der Waals surface area contributed by atoms with E-state index in [1.54, 1.807) is 23.5 Å². The predicted octanol–water partition coefficient (Wildman–Crippen LogP) is -0.740. The zero-order chi connectivity index (χ0) is 20.2. The van der Waals surface area contributed by atoms with Crippen molar-refractivity contribution in [2.24, 2.45) is 11.8 Å². The van der Waals surface area contributed by atoms with E-state index in [1.807, 2.05) is 12.5 Å². The van der Waals surface area contributed by atoms with Crippen molar-refractivity contribution in [2.45, 2.75) is 50.6 Å². The van der Waals surface area contributed by atoms with Crippen LogP contribution in [0.5, 0.6) is 0 Å². The molecular weight excluding hydrogens is 386 g/mol. The zero-order valence-corrected chi connectivity index (χ0v) is 18.0. The molecule has 156 valence electrons.